The highest BCUT2D eigenvalue weighted by atomic mass is 16.2. The third-order valence-corrected chi connectivity index (χ3v) is 4.91. The van der Waals surface area contributed by atoms with E-state index in [0.717, 1.165) is 32.5 Å². The molecule has 2 aliphatic rings. The Hall–Kier alpha value is -0.570. The van der Waals surface area contributed by atoms with Crippen LogP contribution in [0.3, 0.4) is 0 Å². The van der Waals surface area contributed by atoms with Gasteiger partial charge < -0.3 is 10.2 Å². The van der Waals surface area contributed by atoms with Gasteiger partial charge in [-0.1, -0.05) is 33.1 Å². The van der Waals surface area contributed by atoms with Crippen molar-refractivity contribution in [2.75, 3.05) is 19.6 Å². The summed E-state index contributed by atoms with van der Waals surface area (Å²) in [4.78, 5) is 14.5. The maximum atomic E-state index is 12.4. The predicted octanol–water partition coefficient (Wildman–Crippen LogP) is 2.80. The summed E-state index contributed by atoms with van der Waals surface area (Å²) < 4.78 is 0. The summed E-state index contributed by atoms with van der Waals surface area (Å²) in [6, 6.07) is 0.601. The number of hydrogen-bond acceptors (Lipinski definition) is 2. The summed E-state index contributed by atoms with van der Waals surface area (Å²) in [6.07, 6.45) is 8.50. The molecule has 1 aliphatic heterocycles. The lowest BCUT2D eigenvalue weighted by molar-refractivity contribution is -0.134. The maximum absolute atomic E-state index is 12.4. The topological polar surface area (TPSA) is 32.3 Å². The van der Waals surface area contributed by atoms with Crippen LogP contribution in [0, 0.1) is 11.8 Å². The van der Waals surface area contributed by atoms with E-state index in [4.69, 9.17) is 0 Å². The first-order chi connectivity index (χ1) is 9.20. The first kappa shape index (κ1) is 14.8. The van der Waals surface area contributed by atoms with E-state index in [0.29, 0.717) is 23.8 Å². The van der Waals surface area contributed by atoms with E-state index in [1.807, 2.05) is 0 Å². The molecule has 19 heavy (non-hydrogen) atoms. The van der Waals surface area contributed by atoms with Crippen LogP contribution in [0.15, 0.2) is 0 Å². The Kier molecular flexibility index (Phi) is 5.68. The standard InChI is InChI=1S/C16H30N2O/c1-3-17-15-9-10-18(12-13(15)2)16(19)11-14-7-5-4-6-8-14/h13-15,17H,3-12H2,1-2H3. The van der Waals surface area contributed by atoms with Gasteiger partial charge in [-0.2, -0.15) is 0 Å². The number of rotatable bonds is 4. The summed E-state index contributed by atoms with van der Waals surface area (Å²) in [6.45, 7) is 7.36. The zero-order valence-corrected chi connectivity index (χ0v) is 12.7. The van der Waals surface area contributed by atoms with Crippen molar-refractivity contribution < 1.29 is 4.79 Å². The Bertz CT molecular complexity index is 286. The lowest BCUT2D eigenvalue weighted by Gasteiger charge is -2.38. The van der Waals surface area contributed by atoms with Crippen LogP contribution >= 0.6 is 0 Å². The van der Waals surface area contributed by atoms with Crippen LogP contribution < -0.4 is 5.32 Å². The Balaban J connectivity index is 1.77. The van der Waals surface area contributed by atoms with E-state index in [1.54, 1.807) is 0 Å². The number of carbonyl (C=O) groups excluding carboxylic acids is 1. The summed E-state index contributed by atoms with van der Waals surface area (Å²) >= 11 is 0. The van der Waals surface area contributed by atoms with Crippen molar-refractivity contribution in [3.63, 3.8) is 0 Å². The molecule has 2 unspecified atom stereocenters. The van der Waals surface area contributed by atoms with Crippen molar-refractivity contribution in [1.82, 2.24) is 10.2 Å². The van der Waals surface area contributed by atoms with Gasteiger partial charge in [-0.25, -0.2) is 0 Å². The Morgan fingerprint density at radius 2 is 1.95 bits per heavy atom. The zero-order chi connectivity index (χ0) is 13.7. The molecule has 3 nitrogen and oxygen atoms in total. The van der Waals surface area contributed by atoms with Gasteiger partial charge in [-0.15, -0.1) is 0 Å². The fourth-order valence-corrected chi connectivity index (χ4v) is 3.70. The van der Waals surface area contributed by atoms with Gasteiger partial charge in [0.1, 0.15) is 0 Å². The average molecular weight is 266 g/mol. The van der Waals surface area contributed by atoms with E-state index in [9.17, 15) is 4.79 Å². The monoisotopic (exact) mass is 266 g/mol. The lowest BCUT2D eigenvalue weighted by atomic mass is 9.86. The van der Waals surface area contributed by atoms with Crippen molar-refractivity contribution >= 4 is 5.91 Å². The molecule has 1 saturated heterocycles. The second-order valence-electron chi connectivity index (χ2n) is 6.48. The number of carbonyl (C=O) groups is 1. The molecule has 1 N–H and O–H groups in total. The second-order valence-corrected chi connectivity index (χ2v) is 6.48. The van der Waals surface area contributed by atoms with Gasteiger partial charge in [0.15, 0.2) is 0 Å². The minimum Gasteiger partial charge on any atom is -0.342 e. The van der Waals surface area contributed by atoms with E-state index in [-0.39, 0.29) is 0 Å². The quantitative estimate of drug-likeness (QED) is 0.848. The Morgan fingerprint density at radius 1 is 1.21 bits per heavy atom. The highest BCUT2D eigenvalue weighted by Gasteiger charge is 2.29. The fourth-order valence-electron chi connectivity index (χ4n) is 3.70. The number of hydrogen-bond donors (Lipinski definition) is 1. The van der Waals surface area contributed by atoms with Gasteiger partial charge in [-0.3, -0.25) is 4.79 Å². The highest BCUT2D eigenvalue weighted by Crippen LogP contribution is 2.27. The van der Waals surface area contributed by atoms with E-state index < -0.39 is 0 Å². The summed E-state index contributed by atoms with van der Waals surface area (Å²) in [7, 11) is 0. The molecule has 2 atom stereocenters. The molecule has 2 rings (SSSR count). The first-order valence-electron chi connectivity index (χ1n) is 8.22. The van der Waals surface area contributed by atoms with Crippen molar-refractivity contribution in [2.24, 2.45) is 11.8 Å². The van der Waals surface area contributed by atoms with Gasteiger partial charge >= 0.3 is 0 Å². The fraction of sp³-hybridized carbons (Fsp3) is 0.938. The van der Waals surface area contributed by atoms with Crippen molar-refractivity contribution in [2.45, 2.75) is 64.8 Å². The van der Waals surface area contributed by atoms with Gasteiger partial charge in [0, 0.05) is 25.6 Å². The summed E-state index contributed by atoms with van der Waals surface area (Å²) in [5.74, 6) is 1.67. The van der Waals surface area contributed by atoms with Crippen molar-refractivity contribution in [1.29, 1.82) is 0 Å². The molecule has 1 amide bonds. The summed E-state index contributed by atoms with van der Waals surface area (Å²) in [5.41, 5.74) is 0. The maximum Gasteiger partial charge on any atom is 0.222 e. The highest BCUT2D eigenvalue weighted by molar-refractivity contribution is 5.76. The molecule has 1 heterocycles. The third-order valence-electron chi connectivity index (χ3n) is 4.91. The predicted molar refractivity (Wildman–Crippen MR) is 79.0 cm³/mol. The van der Waals surface area contributed by atoms with E-state index in [2.05, 4.69) is 24.1 Å². The molecule has 0 spiro atoms. The molecule has 1 saturated carbocycles. The molecular formula is C16H30N2O. The number of nitrogens with one attached hydrogen (secondary N) is 1. The van der Waals surface area contributed by atoms with Crippen LogP contribution in [-0.4, -0.2) is 36.5 Å². The van der Waals surface area contributed by atoms with Crippen LogP contribution in [0.25, 0.3) is 0 Å². The van der Waals surface area contributed by atoms with Crippen molar-refractivity contribution in [3.05, 3.63) is 0 Å². The van der Waals surface area contributed by atoms with Gasteiger partial charge in [-0.05, 0) is 37.6 Å². The van der Waals surface area contributed by atoms with Crippen LogP contribution in [0.4, 0.5) is 0 Å². The largest absolute Gasteiger partial charge is 0.342 e. The first-order valence-corrected chi connectivity index (χ1v) is 8.22. The molecule has 0 bridgehead atoms. The molecule has 1 aliphatic carbocycles. The molecule has 0 aromatic carbocycles. The lowest BCUT2D eigenvalue weighted by Crippen LogP contribution is -2.50. The molecule has 0 aromatic rings. The Labute approximate surface area is 118 Å². The van der Waals surface area contributed by atoms with Crippen LogP contribution in [0.1, 0.15) is 58.8 Å². The number of nitrogens with zero attached hydrogens (tertiary/aromatic N) is 1. The van der Waals surface area contributed by atoms with E-state index in [1.165, 1.54) is 32.1 Å². The van der Waals surface area contributed by atoms with Crippen LogP contribution in [-0.2, 0) is 4.79 Å². The van der Waals surface area contributed by atoms with Gasteiger partial charge in [0.25, 0.3) is 0 Å². The molecule has 110 valence electrons. The molecular weight excluding hydrogens is 236 g/mol. The van der Waals surface area contributed by atoms with E-state index >= 15 is 0 Å². The molecule has 2 fully saturated rings. The van der Waals surface area contributed by atoms with Crippen LogP contribution in [0.5, 0.6) is 0 Å². The van der Waals surface area contributed by atoms with Gasteiger partial charge in [0.05, 0.1) is 0 Å². The summed E-state index contributed by atoms with van der Waals surface area (Å²) in [5, 5.41) is 3.54. The number of amides is 1. The van der Waals surface area contributed by atoms with Gasteiger partial charge in [0.2, 0.25) is 5.91 Å². The smallest absolute Gasteiger partial charge is 0.222 e. The van der Waals surface area contributed by atoms with Crippen molar-refractivity contribution in [3.8, 4) is 0 Å². The minimum absolute atomic E-state index is 0.411. The third kappa shape index (κ3) is 4.20. The minimum atomic E-state index is 0.411. The number of piperidine rings is 1. The normalized spacial score (nSPS) is 29.5. The molecule has 0 radical (unpaired) electrons. The second kappa shape index (κ2) is 7.28. The molecule has 0 aromatic heterocycles. The average Bonchev–Trinajstić information content (AvgIpc) is 2.42. The Morgan fingerprint density at radius 3 is 2.58 bits per heavy atom. The molecule has 3 heteroatoms. The number of likely N-dealkylation sites (tertiary alicyclic amines) is 1. The zero-order valence-electron chi connectivity index (χ0n) is 12.7. The van der Waals surface area contributed by atoms with Crippen LogP contribution in [0.2, 0.25) is 0 Å². The SMILES string of the molecule is CCNC1CCN(C(=O)CC2CCCCC2)CC1C.